The Morgan fingerprint density at radius 2 is 1.74 bits per heavy atom. The Morgan fingerprint density at radius 1 is 1.03 bits per heavy atom. The number of nitrogens with zero attached hydrogens (tertiary/aromatic N) is 1. The summed E-state index contributed by atoms with van der Waals surface area (Å²) in [6, 6.07) is 5.19. The molecule has 4 amide bonds. The molecule has 1 unspecified atom stereocenters. The summed E-state index contributed by atoms with van der Waals surface area (Å²) in [5, 5.41) is 5.81. The molecule has 1 aromatic rings. The fourth-order valence-electron chi connectivity index (χ4n) is 5.79. The van der Waals surface area contributed by atoms with Crippen LogP contribution in [0.5, 0.6) is 0 Å². The lowest BCUT2D eigenvalue weighted by Crippen LogP contribution is -2.54. The van der Waals surface area contributed by atoms with E-state index in [1.54, 1.807) is 12.1 Å². The molecule has 8 nitrogen and oxygen atoms in total. The first-order chi connectivity index (χ1) is 14.8. The maximum atomic E-state index is 12.9. The minimum atomic E-state index is -0.930. The number of imide groups is 2. The van der Waals surface area contributed by atoms with Crippen LogP contribution in [0.2, 0.25) is 0 Å². The second-order valence-corrected chi connectivity index (χ2v) is 9.65. The van der Waals surface area contributed by atoms with Crippen molar-refractivity contribution in [3.63, 3.8) is 0 Å². The second kappa shape index (κ2) is 7.53. The van der Waals surface area contributed by atoms with Crippen molar-refractivity contribution in [2.75, 3.05) is 0 Å². The van der Waals surface area contributed by atoms with Gasteiger partial charge in [-0.3, -0.25) is 29.4 Å². The van der Waals surface area contributed by atoms with Gasteiger partial charge in [0, 0.05) is 25.0 Å². The Morgan fingerprint density at radius 3 is 2.42 bits per heavy atom. The van der Waals surface area contributed by atoms with E-state index < -0.39 is 23.8 Å². The third-order valence-electron chi connectivity index (χ3n) is 7.54. The molecule has 4 N–H and O–H groups in total. The molecule has 31 heavy (non-hydrogen) atoms. The summed E-state index contributed by atoms with van der Waals surface area (Å²) in [7, 11) is 0. The number of benzene rings is 1. The standard InChI is InChI=1S/C23H28N4O4/c24-14-10-23(11-14)7-5-15(6-8-23)25-12-13-1-2-16-17(9-13)22(31)27(21(16)30)18-3-4-19(28)26-20(18)29/h1-2,9,14-15,18,25H,3-8,10-12,24H2,(H,26,28,29). The van der Waals surface area contributed by atoms with Crippen molar-refractivity contribution in [1.29, 1.82) is 0 Å². The molecule has 0 bridgehead atoms. The molecule has 2 heterocycles. The predicted octanol–water partition coefficient (Wildman–Crippen LogP) is 1.23. The van der Waals surface area contributed by atoms with Gasteiger partial charge < -0.3 is 11.1 Å². The summed E-state index contributed by atoms with van der Waals surface area (Å²) in [6.07, 6.45) is 7.31. The minimum absolute atomic E-state index is 0.119. The van der Waals surface area contributed by atoms with Crippen LogP contribution in [0.15, 0.2) is 18.2 Å². The maximum Gasteiger partial charge on any atom is 0.262 e. The van der Waals surface area contributed by atoms with Gasteiger partial charge in [0.15, 0.2) is 0 Å². The number of carbonyl (C=O) groups is 4. The smallest absolute Gasteiger partial charge is 0.262 e. The zero-order chi connectivity index (χ0) is 21.8. The average molecular weight is 425 g/mol. The minimum Gasteiger partial charge on any atom is -0.328 e. The van der Waals surface area contributed by atoms with Crippen molar-refractivity contribution in [2.45, 2.75) is 76.0 Å². The highest BCUT2D eigenvalue weighted by Crippen LogP contribution is 2.50. The third kappa shape index (κ3) is 3.57. The lowest BCUT2D eigenvalue weighted by Gasteiger charge is -2.50. The Labute approximate surface area is 180 Å². The number of amides is 4. The molecule has 0 radical (unpaired) electrons. The number of hydrogen-bond acceptors (Lipinski definition) is 6. The molecule has 3 fully saturated rings. The largest absolute Gasteiger partial charge is 0.328 e. The van der Waals surface area contributed by atoms with Crippen LogP contribution in [0.25, 0.3) is 0 Å². The topological polar surface area (TPSA) is 122 Å². The van der Waals surface area contributed by atoms with Gasteiger partial charge in [-0.2, -0.15) is 0 Å². The zero-order valence-electron chi connectivity index (χ0n) is 17.5. The van der Waals surface area contributed by atoms with Crippen molar-refractivity contribution in [3.8, 4) is 0 Å². The van der Waals surface area contributed by atoms with Gasteiger partial charge in [-0.15, -0.1) is 0 Å². The fraction of sp³-hybridized carbons (Fsp3) is 0.565. The van der Waals surface area contributed by atoms with Crippen molar-refractivity contribution in [1.82, 2.24) is 15.5 Å². The molecule has 1 aromatic carbocycles. The van der Waals surface area contributed by atoms with Crippen LogP contribution in [0.3, 0.4) is 0 Å². The van der Waals surface area contributed by atoms with Crippen LogP contribution in [-0.4, -0.2) is 46.7 Å². The van der Waals surface area contributed by atoms with Gasteiger partial charge in [0.1, 0.15) is 6.04 Å². The highest BCUT2D eigenvalue weighted by atomic mass is 16.2. The molecule has 0 aromatic heterocycles. The Bertz CT molecular complexity index is 958. The van der Waals surface area contributed by atoms with E-state index >= 15 is 0 Å². The van der Waals surface area contributed by atoms with E-state index in [9.17, 15) is 19.2 Å². The third-order valence-corrected chi connectivity index (χ3v) is 7.54. The van der Waals surface area contributed by atoms with Crippen molar-refractivity contribution in [2.24, 2.45) is 11.1 Å². The molecule has 1 saturated heterocycles. The first-order valence-corrected chi connectivity index (χ1v) is 11.2. The lowest BCUT2D eigenvalue weighted by atomic mass is 9.58. The highest BCUT2D eigenvalue weighted by molar-refractivity contribution is 6.23. The summed E-state index contributed by atoms with van der Waals surface area (Å²) in [5.41, 5.74) is 8.06. The van der Waals surface area contributed by atoms with Gasteiger partial charge in [0.2, 0.25) is 11.8 Å². The molecular formula is C23H28N4O4. The molecule has 2 aliphatic heterocycles. The van der Waals surface area contributed by atoms with Crippen LogP contribution in [-0.2, 0) is 16.1 Å². The van der Waals surface area contributed by atoms with Crippen molar-refractivity contribution in [3.05, 3.63) is 34.9 Å². The van der Waals surface area contributed by atoms with E-state index in [0.29, 0.717) is 35.2 Å². The van der Waals surface area contributed by atoms with Crippen molar-refractivity contribution >= 4 is 23.6 Å². The molecule has 164 valence electrons. The molecule has 5 rings (SSSR count). The zero-order valence-corrected chi connectivity index (χ0v) is 17.5. The SMILES string of the molecule is NC1CC2(CCC(NCc3ccc4c(c3)C(=O)N(C3CCC(=O)NC3=O)C4=O)CC2)C1. The summed E-state index contributed by atoms with van der Waals surface area (Å²) < 4.78 is 0. The van der Waals surface area contributed by atoms with E-state index in [-0.39, 0.29) is 18.7 Å². The number of fused-ring (bicyclic) bond motifs is 1. The van der Waals surface area contributed by atoms with Gasteiger partial charge in [-0.1, -0.05) is 6.07 Å². The Kier molecular flexibility index (Phi) is 4.94. The average Bonchev–Trinajstić information content (AvgIpc) is 2.97. The summed E-state index contributed by atoms with van der Waals surface area (Å²) >= 11 is 0. The van der Waals surface area contributed by atoms with E-state index in [2.05, 4.69) is 10.6 Å². The maximum absolute atomic E-state index is 12.9. The van der Waals surface area contributed by atoms with Crippen LogP contribution in [0.4, 0.5) is 0 Å². The summed E-state index contributed by atoms with van der Waals surface area (Å²) in [4.78, 5) is 50.3. The molecule has 2 saturated carbocycles. The number of nitrogens with two attached hydrogens (primary N) is 1. The van der Waals surface area contributed by atoms with E-state index in [0.717, 1.165) is 36.1 Å². The Balaban J connectivity index is 1.22. The Hall–Kier alpha value is -2.58. The first-order valence-electron chi connectivity index (χ1n) is 11.2. The molecule has 1 atom stereocenters. The quantitative estimate of drug-likeness (QED) is 0.625. The van der Waals surface area contributed by atoms with Gasteiger partial charge >= 0.3 is 0 Å². The van der Waals surface area contributed by atoms with E-state index in [1.165, 1.54) is 12.8 Å². The fourth-order valence-corrected chi connectivity index (χ4v) is 5.79. The number of nitrogens with one attached hydrogen (secondary N) is 2. The van der Waals surface area contributed by atoms with Crippen LogP contribution >= 0.6 is 0 Å². The lowest BCUT2D eigenvalue weighted by molar-refractivity contribution is -0.136. The number of carbonyl (C=O) groups excluding carboxylic acids is 4. The van der Waals surface area contributed by atoms with Crippen LogP contribution in [0.1, 0.15) is 77.6 Å². The second-order valence-electron chi connectivity index (χ2n) is 9.65. The van der Waals surface area contributed by atoms with Crippen LogP contribution in [0, 0.1) is 5.41 Å². The molecule has 1 spiro atoms. The van der Waals surface area contributed by atoms with Gasteiger partial charge in [0.25, 0.3) is 11.8 Å². The number of rotatable bonds is 4. The summed E-state index contributed by atoms with van der Waals surface area (Å²) in [5.74, 6) is -1.89. The van der Waals surface area contributed by atoms with Crippen molar-refractivity contribution < 1.29 is 19.2 Å². The monoisotopic (exact) mass is 424 g/mol. The number of hydrogen-bond donors (Lipinski definition) is 3. The number of piperidine rings is 1. The molecule has 2 aliphatic carbocycles. The van der Waals surface area contributed by atoms with E-state index in [1.807, 2.05) is 6.07 Å². The summed E-state index contributed by atoms with van der Waals surface area (Å²) in [6.45, 7) is 0.629. The van der Waals surface area contributed by atoms with Gasteiger partial charge in [-0.25, -0.2) is 0 Å². The molecular weight excluding hydrogens is 396 g/mol. The first kappa shape index (κ1) is 20.3. The normalized spacial score (nSPS) is 32.8. The molecule has 4 aliphatic rings. The van der Waals surface area contributed by atoms with Gasteiger partial charge in [-0.05, 0) is 68.1 Å². The van der Waals surface area contributed by atoms with Gasteiger partial charge in [0.05, 0.1) is 11.1 Å². The van der Waals surface area contributed by atoms with Crippen LogP contribution < -0.4 is 16.4 Å². The molecule has 8 heteroatoms. The highest BCUT2D eigenvalue weighted by Gasteiger charge is 2.45. The van der Waals surface area contributed by atoms with E-state index in [4.69, 9.17) is 5.73 Å². The predicted molar refractivity (Wildman–Crippen MR) is 112 cm³/mol.